The van der Waals surface area contributed by atoms with E-state index in [-0.39, 0.29) is 18.7 Å². The third-order valence-corrected chi connectivity index (χ3v) is 6.21. The third kappa shape index (κ3) is 6.55. The van der Waals surface area contributed by atoms with Crippen molar-refractivity contribution in [2.24, 2.45) is 0 Å². The molecule has 2 amide bonds. The molecule has 3 heterocycles. The largest absolute Gasteiger partial charge is 0.394 e. The average Bonchev–Trinajstić information content (AvgIpc) is 3.63. The van der Waals surface area contributed by atoms with Gasteiger partial charge < -0.3 is 20.6 Å². The molecule has 0 radical (unpaired) electrons. The number of rotatable bonds is 7. The number of urea groups is 1. The van der Waals surface area contributed by atoms with Gasteiger partial charge in [0.05, 0.1) is 43.2 Å². The third-order valence-electron chi connectivity index (χ3n) is 6.21. The van der Waals surface area contributed by atoms with E-state index >= 15 is 0 Å². The predicted molar refractivity (Wildman–Crippen MR) is 152 cm³/mol. The van der Waals surface area contributed by atoms with E-state index in [0.29, 0.717) is 30.4 Å². The minimum Gasteiger partial charge on any atom is -0.394 e. The Kier molecular flexibility index (Phi) is 8.20. The lowest BCUT2D eigenvalue weighted by Crippen LogP contribution is -2.33. The van der Waals surface area contributed by atoms with Crippen LogP contribution in [0.4, 0.5) is 27.8 Å². The summed E-state index contributed by atoms with van der Waals surface area (Å²) in [7, 11) is 3.98. The lowest BCUT2D eigenvalue weighted by molar-refractivity contribution is -0.0829. The summed E-state index contributed by atoms with van der Waals surface area (Å²) in [6.45, 7) is 0.902. The zero-order valence-electron chi connectivity index (χ0n) is 22.3. The smallest absolute Gasteiger partial charge is 0.346 e. The highest BCUT2D eigenvalue weighted by Crippen LogP contribution is 2.32. The van der Waals surface area contributed by atoms with Gasteiger partial charge in [-0.2, -0.15) is 10.2 Å². The first-order chi connectivity index (χ1) is 19.5. The summed E-state index contributed by atoms with van der Waals surface area (Å²) in [4.78, 5) is 29.4. The number of benzene rings is 2. The topological polar surface area (TPSA) is 121 Å². The number of hydrogen-bond acceptors (Lipinski definition) is 8. The number of hydroxylamine groups is 2. The normalized spacial score (nSPS) is 14.4. The van der Waals surface area contributed by atoms with E-state index in [0.717, 1.165) is 28.9 Å². The lowest BCUT2D eigenvalue weighted by Gasteiger charge is -2.24. The molecule has 204 valence electrons. The van der Waals surface area contributed by atoms with Crippen LogP contribution in [-0.4, -0.2) is 63.3 Å². The van der Waals surface area contributed by atoms with Crippen LogP contribution < -0.4 is 15.5 Å². The number of carbonyl (C=O) groups is 1. The van der Waals surface area contributed by atoms with E-state index in [2.05, 4.69) is 43.6 Å². The minimum absolute atomic E-state index is 0.0137. The molecule has 11 nitrogen and oxygen atoms in total. The number of nitrogens with one attached hydrogen (secondary N) is 2. The number of aliphatic hydroxyl groups excluding tert-OH is 1. The maximum atomic E-state index is 13.1. The monoisotopic (exact) mass is 538 g/mol. The quantitative estimate of drug-likeness (QED) is 0.304. The zero-order chi connectivity index (χ0) is 27.9. The molecule has 4 aromatic rings. The Labute approximate surface area is 232 Å². The van der Waals surface area contributed by atoms with Crippen LogP contribution in [0.1, 0.15) is 29.2 Å². The Morgan fingerprint density at radius 2 is 1.88 bits per heavy atom. The summed E-state index contributed by atoms with van der Waals surface area (Å²) in [5, 5.41) is 20.5. The predicted octanol–water partition coefficient (Wildman–Crippen LogP) is 3.79. The molecule has 40 heavy (non-hydrogen) atoms. The van der Waals surface area contributed by atoms with Crippen molar-refractivity contribution in [3.05, 3.63) is 90.0 Å². The van der Waals surface area contributed by atoms with Gasteiger partial charge in [-0.05, 0) is 35.9 Å². The summed E-state index contributed by atoms with van der Waals surface area (Å²) >= 11 is 0. The highest BCUT2D eigenvalue weighted by Gasteiger charge is 2.32. The van der Waals surface area contributed by atoms with Gasteiger partial charge in [-0.1, -0.05) is 30.0 Å². The van der Waals surface area contributed by atoms with Gasteiger partial charge in [-0.25, -0.2) is 14.8 Å². The van der Waals surface area contributed by atoms with E-state index in [9.17, 15) is 4.79 Å². The van der Waals surface area contributed by atoms with E-state index in [1.54, 1.807) is 29.5 Å². The molecule has 1 aliphatic heterocycles. The summed E-state index contributed by atoms with van der Waals surface area (Å²) in [6, 6.07) is 14.9. The van der Waals surface area contributed by atoms with Gasteiger partial charge in [-0.15, -0.1) is 0 Å². The van der Waals surface area contributed by atoms with Crippen LogP contribution in [0, 0.1) is 11.8 Å². The second-order valence-electron chi connectivity index (χ2n) is 9.35. The Morgan fingerprint density at radius 3 is 2.67 bits per heavy atom. The lowest BCUT2D eigenvalue weighted by atomic mass is 10.0. The maximum Gasteiger partial charge on any atom is 0.346 e. The van der Waals surface area contributed by atoms with Gasteiger partial charge in [0, 0.05) is 56.0 Å². The molecule has 2 aromatic heterocycles. The molecule has 1 fully saturated rings. The van der Waals surface area contributed by atoms with Crippen molar-refractivity contribution in [1.82, 2.24) is 24.8 Å². The van der Waals surface area contributed by atoms with Crippen molar-refractivity contribution in [3.63, 3.8) is 0 Å². The number of carbonyl (C=O) groups excluding carboxylic acids is 1. The number of aliphatic hydroxyl groups is 1. The van der Waals surface area contributed by atoms with E-state index in [1.165, 1.54) is 5.06 Å². The Morgan fingerprint density at radius 1 is 1.07 bits per heavy atom. The van der Waals surface area contributed by atoms with Gasteiger partial charge in [0.25, 0.3) is 0 Å². The first-order valence-corrected chi connectivity index (χ1v) is 12.8. The highest BCUT2D eigenvalue weighted by molar-refractivity contribution is 5.89. The summed E-state index contributed by atoms with van der Waals surface area (Å²) < 4.78 is 1.62. The molecule has 5 rings (SSSR count). The van der Waals surface area contributed by atoms with E-state index in [1.807, 2.05) is 61.5 Å². The molecule has 3 N–H and O–H groups in total. The van der Waals surface area contributed by atoms with E-state index in [4.69, 9.17) is 9.94 Å². The van der Waals surface area contributed by atoms with Crippen molar-refractivity contribution in [3.8, 4) is 11.8 Å². The minimum atomic E-state index is -0.332. The van der Waals surface area contributed by atoms with Crippen LogP contribution in [-0.2, 0) is 11.4 Å². The second kappa shape index (κ2) is 12.3. The van der Waals surface area contributed by atoms with Crippen LogP contribution >= 0.6 is 0 Å². The van der Waals surface area contributed by atoms with Crippen molar-refractivity contribution >= 4 is 29.0 Å². The average molecular weight is 539 g/mol. The Bertz CT molecular complexity index is 1520. The first kappa shape index (κ1) is 26.7. The fraction of sp³-hybridized carbons (Fsp3) is 0.241. The van der Waals surface area contributed by atoms with Crippen molar-refractivity contribution in [1.29, 1.82) is 0 Å². The summed E-state index contributed by atoms with van der Waals surface area (Å²) in [5.41, 5.74) is 4.81. The van der Waals surface area contributed by atoms with Gasteiger partial charge >= 0.3 is 6.03 Å². The van der Waals surface area contributed by atoms with Crippen LogP contribution in [0.2, 0.25) is 0 Å². The van der Waals surface area contributed by atoms with Crippen molar-refractivity contribution in [2.75, 3.05) is 42.8 Å². The molecule has 11 heteroatoms. The molecule has 0 spiro atoms. The van der Waals surface area contributed by atoms with Crippen molar-refractivity contribution in [2.45, 2.75) is 19.0 Å². The summed E-state index contributed by atoms with van der Waals surface area (Å²) in [6.07, 6.45) is 7.37. The molecule has 1 saturated heterocycles. The zero-order valence-corrected chi connectivity index (χ0v) is 22.3. The molecular weight excluding hydrogens is 508 g/mol. The SMILES string of the molecule is CN(C)c1cccc([C@@H]2CCON2C(=O)Nc2cccc(C#Cc3cnc(Nc4cnn(CCO)c4)nc3)c2)c1. The van der Waals surface area contributed by atoms with E-state index < -0.39 is 0 Å². The Hall–Kier alpha value is -4.92. The molecule has 0 bridgehead atoms. The molecular formula is C29H30N8O3. The van der Waals surface area contributed by atoms with Gasteiger partial charge in [0.15, 0.2) is 0 Å². The molecule has 2 aromatic carbocycles. The number of anilines is 4. The van der Waals surface area contributed by atoms with Crippen LogP contribution in [0.15, 0.2) is 73.3 Å². The molecule has 0 saturated carbocycles. The number of aromatic nitrogens is 4. The number of nitrogens with zero attached hydrogens (tertiary/aromatic N) is 6. The standard InChI is InChI=1S/C29H30N8O3/c1-35(2)26-8-4-6-23(16-26)27-11-14-40-37(27)29(39)34-24-7-3-5-21(15-24)9-10-22-17-30-28(31-18-22)33-25-19-32-36(20-25)12-13-38/h3-8,15-20,27,38H,11-14H2,1-2H3,(H,34,39)(H,30,31,33)/t27-/m0/s1. The Balaban J connectivity index is 1.21. The molecule has 0 unspecified atom stereocenters. The number of hydrogen-bond donors (Lipinski definition) is 3. The van der Waals surface area contributed by atoms with Crippen molar-refractivity contribution < 1.29 is 14.7 Å². The number of amides is 2. The van der Waals surface area contributed by atoms with Gasteiger partial charge in [0.2, 0.25) is 5.95 Å². The first-order valence-electron chi connectivity index (χ1n) is 12.8. The molecule has 1 atom stereocenters. The molecule has 0 aliphatic carbocycles. The fourth-order valence-corrected chi connectivity index (χ4v) is 4.22. The van der Waals surface area contributed by atoms with Gasteiger partial charge in [-0.3, -0.25) is 9.52 Å². The highest BCUT2D eigenvalue weighted by atomic mass is 16.7. The van der Waals surface area contributed by atoms with Crippen LogP contribution in [0.5, 0.6) is 0 Å². The summed E-state index contributed by atoms with van der Waals surface area (Å²) in [5.74, 6) is 6.56. The molecule has 1 aliphatic rings. The van der Waals surface area contributed by atoms with Crippen LogP contribution in [0.3, 0.4) is 0 Å². The fourth-order valence-electron chi connectivity index (χ4n) is 4.22. The maximum absolute atomic E-state index is 13.1. The van der Waals surface area contributed by atoms with Gasteiger partial charge in [0.1, 0.15) is 0 Å². The van der Waals surface area contributed by atoms with Crippen LogP contribution in [0.25, 0.3) is 0 Å². The second-order valence-corrected chi connectivity index (χ2v) is 9.35.